The van der Waals surface area contributed by atoms with Gasteiger partial charge in [-0.25, -0.2) is 8.42 Å². The molecule has 1 saturated carbocycles. The van der Waals surface area contributed by atoms with Crippen LogP contribution >= 0.6 is 0 Å². The predicted octanol–water partition coefficient (Wildman–Crippen LogP) is -0.521. The highest BCUT2D eigenvalue weighted by Crippen LogP contribution is 2.40. The summed E-state index contributed by atoms with van der Waals surface area (Å²) in [5, 5.41) is 9.34. The Kier molecular flexibility index (Phi) is 3.27. The molecular weight excluding hydrogens is 228 g/mol. The summed E-state index contributed by atoms with van der Waals surface area (Å²) >= 11 is 0. The molecular formula is C10H20N2O3S. The SMILES string of the molecule is CN1CCN(S(=O)(=O)C2(CO)CCC2)CC1. The number of nitrogens with zero attached hydrogens (tertiary/aromatic N) is 2. The molecule has 0 atom stereocenters. The Labute approximate surface area is 97.1 Å². The highest BCUT2D eigenvalue weighted by atomic mass is 32.2. The maximum atomic E-state index is 12.4. The third-order valence-electron chi connectivity index (χ3n) is 3.90. The van der Waals surface area contributed by atoms with Crippen LogP contribution in [0.2, 0.25) is 0 Å². The van der Waals surface area contributed by atoms with Gasteiger partial charge in [-0.15, -0.1) is 0 Å². The predicted molar refractivity (Wildman–Crippen MR) is 61.7 cm³/mol. The number of likely N-dealkylation sites (N-methyl/N-ethyl adjacent to an activating group) is 1. The first-order chi connectivity index (χ1) is 7.52. The summed E-state index contributed by atoms with van der Waals surface area (Å²) in [6.07, 6.45) is 2.13. The molecule has 5 nitrogen and oxygen atoms in total. The van der Waals surface area contributed by atoms with Crippen LogP contribution in [0.25, 0.3) is 0 Å². The third-order valence-corrected chi connectivity index (χ3v) is 6.58. The van der Waals surface area contributed by atoms with E-state index in [9.17, 15) is 13.5 Å². The monoisotopic (exact) mass is 248 g/mol. The van der Waals surface area contributed by atoms with Gasteiger partial charge >= 0.3 is 0 Å². The Bertz CT molecular complexity index is 338. The maximum Gasteiger partial charge on any atom is 0.222 e. The van der Waals surface area contributed by atoms with E-state index in [4.69, 9.17) is 0 Å². The molecule has 0 radical (unpaired) electrons. The standard InChI is InChI=1S/C10H20N2O3S/c1-11-5-7-12(8-6-11)16(14,15)10(9-13)3-2-4-10/h13H,2-9H2,1H3. The van der Waals surface area contributed by atoms with Crippen LogP contribution in [0.1, 0.15) is 19.3 Å². The zero-order chi connectivity index (χ0) is 11.8. The molecule has 1 heterocycles. The first kappa shape index (κ1) is 12.3. The molecule has 0 bridgehead atoms. The fourth-order valence-electron chi connectivity index (χ4n) is 2.37. The first-order valence-electron chi connectivity index (χ1n) is 5.81. The van der Waals surface area contributed by atoms with Crippen LogP contribution in [0.4, 0.5) is 0 Å². The zero-order valence-corrected chi connectivity index (χ0v) is 10.5. The lowest BCUT2D eigenvalue weighted by Crippen LogP contribution is -2.58. The molecule has 0 aromatic rings. The number of hydrogen-bond donors (Lipinski definition) is 1. The summed E-state index contributed by atoms with van der Waals surface area (Å²) in [5.74, 6) is 0. The molecule has 0 spiro atoms. The van der Waals surface area contributed by atoms with Crippen molar-refractivity contribution in [1.29, 1.82) is 0 Å². The molecule has 0 aromatic carbocycles. The van der Waals surface area contributed by atoms with Crippen LogP contribution in [0.3, 0.4) is 0 Å². The van der Waals surface area contributed by atoms with Gasteiger partial charge in [0.15, 0.2) is 0 Å². The normalized spacial score (nSPS) is 27.6. The highest BCUT2D eigenvalue weighted by molar-refractivity contribution is 7.90. The fourth-order valence-corrected chi connectivity index (χ4v) is 4.53. The minimum absolute atomic E-state index is 0.234. The van der Waals surface area contributed by atoms with Crippen molar-refractivity contribution in [2.24, 2.45) is 0 Å². The summed E-state index contributed by atoms with van der Waals surface area (Å²) in [4.78, 5) is 2.12. The van der Waals surface area contributed by atoms with Crippen LogP contribution in [0, 0.1) is 0 Å². The van der Waals surface area contributed by atoms with E-state index in [1.807, 2.05) is 7.05 Å². The van der Waals surface area contributed by atoms with Crippen molar-refractivity contribution >= 4 is 10.0 Å². The van der Waals surface area contributed by atoms with Crippen LogP contribution in [-0.2, 0) is 10.0 Å². The molecule has 6 heteroatoms. The smallest absolute Gasteiger partial charge is 0.222 e. The van der Waals surface area contributed by atoms with E-state index in [0.717, 1.165) is 19.5 Å². The van der Waals surface area contributed by atoms with Crippen molar-refractivity contribution < 1.29 is 13.5 Å². The van der Waals surface area contributed by atoms with Crippen molar-refractivity contribution in [2.45, 2.75) is 24.0 Å². The van der Waals surface area contributed by atoms with Gasteiger partial charge < -0.3 is 10.0 Å². The van der Waals surface area contributed by atoms with Crippen molar-refractivity contribution in [3.8, 4) is 0 Å². The van der Waals surface area contributed by atoms with E-state index < -0.39 is 14.8 Å². The van der Waals surface area contributed by atoms with Crippen LogP contribution in [0.5, 0.6) is 0 Å². The van der Waals surface area contributed by atoms with Crippen LogP contribution < -0.4 is 0 Å². The topological polar surface area (TPSA) is 60.9 Å². The minimum atomic E-state index is -3.30. The summed E-state index contributed by atoms with van der Waals surface area (Å²) in [6, 6.07) is 0. The van der Waals surface area contributed by atoms with Gasteiger partial charge in [0.25, 0.3) is 0 Å². The average molecular weight is 248 g/mol. The Morgan fingerprint density at radius 1 is 1.19 bits per heavy atom. The zero-order valence-electron chi connectivity index (χ0n) is 9.72. The number of aliphatic hydroxyl groups is 1. The van der Waals surface area contributed by atoms with Crippen LogP contribution in [0.15, 0.2) is 0 Å². The van der Waals surface area contributed by atoms with Crippen molar-refractivity contribution in [3.63, 3.8) is 0 Å². The van der Waals surface area contributed by atoms with E-state index in [1.165, 1.54) is 0 Å². The van der Waals surface area contributed by atoms with E-state index in [1.54, 1.807) is 4.31 Å². The number of sulfonamides is 1. The quantitative estimate of drug-likeness (QED) is 0.730. The minimum Gasteiger partial charge on any atom is -0.395 e. The highest BCUT2D eigenvalue weighted by Gasteiger charge is 2.51. The molecule has 1 N–H and O–H groups in total. The molecule has 1 aliphatic carbocycles. The number of rotatable bonds is 3. The molecule has 1 saturated heterocycles. The molecule has 16 heavy (non-hydrogen) atoms. The van der Waals surface area contributed by atoms with E-state index in [-0.39, 0.29) is 6.61 Å². The van der Waals surface area contributed by atoms with E-state index in [0.29, 0.717) is 25.9 Å². The summed E-state index contributed by atoms with van der Waals surface area (Å²) in [5.41, 5.74) is 0. The fraction of sp³-hybridized carbons (Fsp3) is 1.00. The molecule has 94 valence electrons. The largest absolute Gasteiger partial charge is 0.395 e. The average Bonchev–Trinajstić information content (AvgIpc) is 2.17. The summed E-state index contributed by atoms with van der Waals surface area (Å²) in [6.45, 7) is 2.43. The Morgan fingerprint density at radius 2 is 1.75 bits per heavy atom. The van der Waals surface area contributed by atoms with E-state index >= 15 is 0 Å². The second kappa shape index (κ2) is 4.25. The summed E-state index contributed by atoms with van der Waals surface area (Å²) < 4.78 is 25.4. The molecule has 2 fully saturated rings. The Balaban J connectivity index is 2.13. The van der Waals surface area contributed by atoms with Gasteiger partial charge in [-0.3, -0.25) is 0 Å². The van der Waals surface area contributed by atoms with Crippen molar-refractivity contribution in [2.75, 3.05) is 39.8 Å². The second-order valence-electron chi connectivity index (χ2n) is 4.90. The van der Waals surface area contributed by atoms with E-state index in [2.05, 4.69) is 4.90 Å². The lowest BCUT2D eigenvalue weighted by Gasteiger charge is -2.44. The molecule has 0 aromatic heterocycles. The molecule has 2 rings (SSSR count). The van der Waals surface area contributed by atoms with Gasteiger partial charge in [0.2, 0.25) is 10.0 Å². The van der Waals surface area contributed by atoms with Gasteiger partial charge in [0, 0.05) is 26.2 Å². The maximum absolute atomic E-state index is 12.4. The number of aliphatic hydroxyl groups excluding tert-OH is 1. The van der Waals surface area contributed by atoms with Gasteiger partial charge in [-0.2, -0.15) is 4.31 Å². The second-order valence-corrected chi connectivity index (χ2v) is 7.23. The molecule has 2 aliphatic rings. The Hall–Kier alpha value is -0.170. The molecule has 1 aliphatic heterocycles. The van der Waals surface area contributed by atoms with Gasteiger partial charge in [0.1, 0.15) is 4.75 Å². The van der Waals surface area contributed by atoms with Gasteiger partial charge in [0.05, 0.1) is 6.61 Å². The van der Waals surface area contributed by atoms with Crippen molar-refractivity contribution in [1.82, 2.24) is 9.21 Å². The Morgan fingerprint density at radius 3 is 2.12 bits per heavy atom. The first-order valence-corrected chi connectivity index (χ1v) is 7.25. The van der Waals surface area contributed by atoms with Gasteiger partial charge in [-0.1, -0.05) is 6.42 Å². The van der Waals surface area contributed by atoms with Crippen LogP contribution in [-0.4, -0.2) is 67.3 Å². The number of hydrogen-bond acceptors (Lipinski definition) is 4. The summed E-state index contributed by atoms with van der Waals surface area (Å²) in [7, 11) is -1.31. The lowest BCUT2D eigenvalue weighted by atomic mass is 9.85. The third kappa shape index (κ3) is 1.77. The molecule has 0 amide bonds. The van der Waals surface area contributed by atoms with Gasteiger partial charge in [-0.05, 0) is 19.9 Å². The number of piperazine rings is 1. The molecule has 0 unspecified atom stereocenters. The lowest BCUT2D eigenvalue weighted by molar-refractivity contribution is 0.163. The van der Waals surface area contributed by atoms with Crippen molar-refractivity contribution in [3.05, 3.63) is 0 Å².